The zero-order valence-electron chi connectivity index (χ0n) is 16.4. The van der Waals surface area contributed by atoms with Gasteiger partial charge < -0.3 is 13.7 Å². The van der Waals surface area contributed by atoms with Gasteiger partial charge in [-0.25, -0.2) is 0 Å². The second-order valence-electron chi connectivity index (χ2n) is 7.10. The molecule has 3 heterocycles. The van der Waals surface area contributed by atoms with Gasteiger partial charge in [-0.3, -0.25) is 4.79 Å². The van der Waals surface area contributed by atoms with Crippen LogP contribution < -0.4 is 0 Å². The maximum Gasteiger partial charge on any atom is 0.277 e. The van der Waals surface area contributed by atoms with Crippen LogP contribution in [0.5, 0.6) is 0 Å². The largest absolute Gasteiger partial charge is 0.411 e. The SMILES string of the molecule is Cc1cc(C(=O)CSc2nnc(-c3ccccc3Br)o2)c(C)n1C[C@@H]1CCCO1. The molecule has 0 amide bonds. The molecule has 1 aliphatic rings. The van der Waals surface area contributed by atoms with Crippen LogP contribution >= 0.6 is 27.7 Å². The molecule has 2 aromatic heterocycles. The minimum absolute atomic E-state index is 0.0577. The van der Waals surface area contributed by atoms with Gasteiger partial charge in [0.1, 0.15) is 0 Å². The van der Waals surface area contributed by atoms with Gasteiger partial charge >= 0.3 is 0 Å². The molecule has 8 heteroatoms. The fourth-order valence-electron chi connectivity index (χ4n) is 3.57. The summed E-state index contributed by atoms with van der Waals surface area (Å²) in [5, 5.41) is 8.55. The molecular weight excluding hydrogens is 454 g/mol. The Kier molecular flexibility index (Phi) is 6.22. The molecule has 4 rings (SSSR count). The third-order valence-electron chi connectivity index (χ3n) is 5.12. The van der Waals surface area contributed by atoms with Gasteiger partial charge in [-0.1, -0.05) is 23.9 Å². The van der Waals surface area contributed by atoms with E-state index in [1.165, 1.54) is 11.8 Å². The van der Waals surface area contributed by atoms with Crippen LogP contribution in [0.1, 0.15) is 34.6 Å². The molecule has 0 N–H and O–H groups in total. The Bertz CT molecular complexity index is 1020. The Morgan fingerprint density at radius 1 is 1.31 bits per heavy atom. The minimum Gasteiger partial charge on any atom is -0.411 e. The number of halogens is 1. The summed E-state index contributed by atoms with van der Waals surface area (Å²) >= 11 is 4.75. The van der Waals surface area contributed by atoms with Crippen LogP contribution in [0.3, 0.4) is 0 Å². The highest BCUT2D eigenvalue weighted by Gasteiger charge is 2.21. The highest BCUT2D eigenvalue weighted by molar-refractivity contribution is 9.10. The summed E-state index contributed by atoms with van der Waals surface area (Å²) in [7, 11) is 0. The smallest absolute Gasteiger partial charge is 0.277 e. The Morgan fingerprint density at radius 2 is 2.14 bits per heavy atom. The molecule has 0 bridgehead atoms. The van der Waals surface area contributed by atoms with Gasteiger partial charge in [0.05, 0.1) is 17.4 Å². The van der Waals surface area contributed by atoms with Crippen LogP contribution in [0.25, 0.3) is 11.5 Å². The number of rotatable bonds is 7. The molecular formula is C21H22BrN3O3S. The number of hydrogen-bond donors (Lipinski definition) is 0. The number of nitrogens with zero attached hydrogens (tertiary/aromatic N) is 3. The van der Waals surface area contributed by atoms with Crippen molar-refractivity contribution < 1.29 is 13.9 Å². The summed E-state index contributed by atoms with van der Waals surface area (Å²) in [5.41, 5.74) is 3.65. The third kappa shape index (κ3) is 4.49. The average molecular weight is 476 g/mol. The summed E-state index contributed by atoms with van der Waals surface area (Å²) in [5.74, 6) is 0.742. The van der Waals surface area contributed by atoms with Crippen molar-refractivity contribution in [3.63, 3.8) is 0 Å². The van der Waals surface area contributed by atoms with Crippen LogP contribution in [-0.4, -0.2) is 39.0 Å². The topological polar surface area (TPSA) is 70.2 Å². The lowest BCUT2D eigenvalue weighted by atomic mass is 10.2. The first-order valence-corrected chi connectivity index (χ1v) is 11.3. The molecule has 0 spiro atoms. The summed E-state index contributed by atoms with van der Waals surface area (Å²) in [4.78, 5) is 12.8. The lowest BCUT2D eigenvalue weighted by molar-refractivity contribution is 0.0957. The van der Waals surface area contributed by atoms with Crippen LogP contribution in [-0.2, 0) is 11.3 Å². The molecule has 29 heavy (non-hydrogen) atoms. The maximum absolute atomic E-state index is 12.8. The molecule has 0 unspecified atom stereocenters. The second-order valence-corrected chi connectivity index (χ2v) is 8.88. The predicted octanol–water partition coefficient (Wildman–Crippen LogP) is 5.07. The van der Waals surface area contributed by atoms with E-state index >= 15 is 0 Å². The number of hydrogen-bond acceptors (Lipinski definition) is 6. The maximum atomic E-state index is 12.8. The first-order chi connectivity index (χ1) is 14.0. The molecule has 1 aliphatic heterocycles. The lowest BCUT2D eigenvalue weighted by Gasteiger charge is -2.14. The summed E-state index contributed by atoms with van der Waals surface area (Å²) < 4.78 is 14.5. The zero-order valence-corrected chi connectivity index (χ0v) is 18.8. The zero-order chi connectivity index (χ0) is 20.4. The number of benzene rings is 1. The molecule has 1 saturated heterocycles. The fourth-order valence-corrected chi connectivity index (χ4v) is 4.67. The van der Waals surface area contributed by atoms with Crippen molar-refractivity contribution in [1.29, 1.82) is 0 Å². The Labute approximate surface area is 182 Å². The normalized spacial score (nSPS) is 16.4. The first-order valence-electron chi connectivity index (χ1n) is 9.55. The van der Waals surface area contributed by atoms with Crippen LogP contribution in [0.15, 0.2) is 44.4 Å². The molecule has 152 valence electrons. The van der Waals surface area contributed by atoms with Gasteiger partial charge in [-0.05, 0) is 60.8 Å². The molecule has 0 saturated carbocycles. The molecule has 6 nitrogen and oxygen atoms in total. The first kappa shape index (κ1) is 20.4. The monoisotopic (exact) mass is 475 g/mol. The molecule has 0 aliphatic carbocycles. The molecule has 1 atom stereocenters. The lowest BCUT2D eigenvalue weighted by Crippen LogP contribution is -2.17. The summed E-state index contributed by atoms with van der Waals surface area (Å²) in [6.45, 7) is 5.67. The van der Waals surface area contributed by atoms with Crippen molar-refractivity contribution in [2.24, 2.45) is 0 Å². The molecule has 0 radical (unpaired) electrons. The van der Waals surface area contributed by atoms with Crippen LogP contribution in [0.2, 0.25) is 0 Å². The van der Waals surface area contributed by atoms with Crippen molar-refractivity contribution in [2.75, 3.05) is 12.4 Å². The summed E-state index contributed by atoms with van der Waals surface area (Å²) in [6.07, 6.45) is 2.43. The van der Waals surface area contributed by atoms with E-state index in [0.29, 0.717) is 11.1 Å². The van der Waals surface area contributed by atoms with E-state index in [1.807, 2.05) is 44.2 Å². The van der Waals surface area contributed by atoms with Crippen molar-refractivity contribution in [3.8, 4) is 11.5 Å². The van der Waals surface area contributed by atoms with E-state index in [2.05, 4.69) is 30.7 Å². The third-order valence-corrected chi connectivity index (χ3v) is 6.63. The van der Waals surface area contributed by atoms with Crippen molar-refractivity contribution in [1.82, 2.24) is 14.8 Å². The number of thioether (sulfide) groups is 1. The number of ether oxygens (including phenoxy) is 1. The highest BCUT2D eigenvalue weighted by Crippen LogP contribution is 2.29. The number of carbonyl (C=O) groups is 1. The molecule has 3 aromatic rings. The van der Waals surface area contributed by atoms with E-state index in [0.717, 1.165) is 53.0 Å². The van der Waals surface area contributed by atoms with Crippen LogP contribution in [0.4, 0.5) is 0 Å². The number of ketones is 1. The number of aromatic nitrogens is 3. The van der Waals surface area contributed by atoms with Gasteiger partial charge in [0.2, 0.25) is 5.89 Å². The summed E-state index contributed by atoms with van der Waals surface area (Å²) in [6, 6.07) is 9.62. The van der Waals surface area contributed by atoms with E-state index in [4.69, 9.17) is 9.15 Å². The number of Topliss-reactive ketones (excluding diaryl/α,β-unsaturated/α-hetero) is 1. The number of aryl methyl sites for hydroxylation is 1. The van der Waals surface area contributed by atoms with Gasteiger partial charge in [0, 0.05) is 34.6 Å². The minimum atomic E-state index is 0.0577. The van der Waals surface area contributed by atoms with Crippen molar-refractivity contribution >= 4 is 33.5 Å². The second kappa shape index (κ2) is 8.85. The number of carbonyl (C=O) groups excluding carboxylic acids is 1. The van der Waals surface area contributed by atoms with Gasteiger partial charge in [-0.2, -0.15) is 0 Å². The van der Waals surface area contributed by atoms with Crippen molar-refractivity contribution in [2.45, 2.75) is 44.6 Å². The molecule has 1 fully saturated rings. The van der Waals surface area contributed by atoms with E-state index < -0.39 is 0 Å². The van der Waals surface area contributed by atoms with E-state index in [-0.39, 0.29) is 17.6 Å². The Hall–Kier alpha value is -1.90. The highest BCUT2D eigenvalue weighted by atomic mass is 79.9. The van der Waals surface area contributed by atoms with Gasteiger partial charge in [0.15, 0.2) is 5.78 Å². The van der Waals surface area contributed by atoms with E-state index in [1.54, 1.807) is 0 Å². The van der Waals surface area contributed by atoms with Crippen molar-refractivity contribution in [3.05, 3.63) is 51.8 Å². The Balaban J connectivity index is 1.42. The van der Waals surface area contributed by atoms with E-state index in [9.17, 15) is 4.79 Å². The average Bonchev–Trinajstić information content (AvgIpc) is 3.44. The quantitative estimate of drug-likeness (QED) is 0.350. The predicted molar refractivity (Wildman–Crippen MR) is 115 cm³/mol. The fraction of sp³-hybridized carbons (Fsp3) is 0.381. The van der Waals surface area contributed by atoms with Crippen LogP contribution in [0, 0.1) is 13.8 Å². The Morgan fingerprint density at radius 3 is 2.90 bits per heavy atom. The van der Waals surface area contributed by atoms with Gasteiger partial charge in [0.25, 0.3) is 5.22 Å². The standard InChI is InChI=1S/C21H22BrN3O3S/c1-13-10-17(14(2)25(13)11-15-6-5-9-27-15)19(26)12-29-21-24-23-20(28-21)16-7-3-4-8-18(16)22/h3-4,7-8,10,15H,5-6,9,11-12H2,1-2H3/t15-/m0/s1. The van der Waals surface area contributed by atoms with Gasteiger partial charge in [-0.15, -0.1) is 10.2 Å². The molecule has 1 aromatic carbocycles.